The maximum atomic E-state index is 12.8. The van der Waals surface area contributed by atoms with Gasteiger partial charge in [0.15, 0.2) is 0 Å². The number of carbonyl (C=O) groups is 2. The number of amides is 2. The topological polar surface area (TPSA) is 84.2 Å². The molecule has 4 unspecified atom stereocenters. The number of carbonyl (C=O) groups excluding carboxylic acids is 2. The number of alkyl halides is 2. The summed E-state index contributed by atoms with van der Waals surface area (Å²) in [7, 11) is 1.91. The molecular formula is C21H27F2N3O2. The summed E-state index contributed by atoms with van der Waals surface area (Å²) in [5.74, 6) is 4.28. The molecule has 2 amide bonds. The van der Waals surface area contributed by atoms with Crippen molar-refractivity contribution in [3.63, 3.8) is 0 Å². The van der Waals surface area contributed by atoms with Crippen LogP contribution in [0.3, 0.4) is 0 Å². The maximum Gasteiger partial charge on any atom is 0.251 e. The summed E-state index contributed by atoms with van der Waals surface area (Å²) >= 11 is 0. The first kappa shape index (κ1) is 23.3. The zero-order valence-electron chi connectivity index (χ0n) is 16.2. The second kappa shape index (κ2) is 11.2. The Morgan fingerprint density at radius 3 is 2.39 bits per heavy atom. The van der Waals surface area contributed by atoms with E-state index in [1.807, 2.05) is 7.05 Å². The van der Waals surface area contributed by atoms with Crippen molar-refractivity contribution in [2.75, 3.05) is 13.6 Å². The van der Waals surface area contributed by atoms with Crippen molar-refractivity contribution in [3.8, 4) is 11.8 Å². The molecule has 7 heteroatoms. The van der Waals surface area contributed by atoms with Gasteiger partial charge in [-0.3, -0.25) is 9.59 Å². The van der Waals surface area contributed by atoms with Crippen LogP contribution in [0.15, 0.2) is 37.4 Å². The molecule has 0 bridgehead atoms. The fourth-order valence-electron chi connectivity index (χ4n) is 2.62. The molecule has 152 valence electrons. The SMILES string of the molecule is C=C.CNCC1CC1C#Cc1ccc(C(=O)NC(C(N)=O)C(C)C(F)F)cc1. The van der Waals surface area contributed by atoms with Crippen LogP contribution < -0.4 is 16.4 Å². The first-order valence-corrected chi connectivity index (χ1v) is 8.98. The van der Waals surface area contributed by atoms with Gasteiger partial charge in [-0.15, -0.1) is 13.2 Å². The van der Waals surface area contributed by atoms with Gasteiger partial charge in [0.1, 0.15) is 6.04 Å². The number of nitrogens with two attached hydrogens (primary N) is 1. The van der Waals surface area contributed by atoms with E-state index in [9.17, 15) is 18.4 Å². The van der Waals surface area contributed by atoms with Crippen molar-refractivity contribution in [1.29, 1.82) is 0 Å². The van der Waals surface area contributed by atoms with Gasteiger partial charge < -0.3 is 16.4 Å². The number of primary amides is 1. The lowest BCUT2D eigenvalue weighted by Gasteiger charge is -2.21. The van der Waals surface area contributed by atoms with Gasteiger partial charge in [-0.1, -0.05) is 18.8 Å². The second-order valence-electron chi connectivity index (χ2n) is 6.55. The molecule has 4 atom stereocenters. The minimum absolute atomic E-state index is 0.253. The quantitative estimate of drug-likeness (QED) is 0.492. The van der Waals surface area contributed by atoms with E-state index < -0.39 is 30.2 Å². The van der Waals surface area contributed by atoms with E-state index in [-0.39, 0.29) is 5.56 Å². The second-order valence-corrected chi connectivity index (χ2v) is 6.55. The van der Waals surface area contributed by atoms with Crippen LogP contribution in [0.2, 0.25) is 0 Å². The minimum Gasteiger partial charge on any atom is -0.368 e. The van der Waals surface area contributed by atoms with E-state index in [4.69, 9.17) is 5.73 Å². The summed E-state index contributed by atoms with van der Waals surface area (Å²) in [5.41, 5.74) is 6.14. The smallest absolute Gasteiger partial charge is 0.251 e. The van der Waals surface area contributed by atoms with Crippen LogP contribution in [0, 0.1) is 29.6 Å². The highest BCUT2D eigenvalue weighted by atomic mass is 19.3. The number of nitrogens with one attached hydrogen (secondary N) is 2. The Kier molecular flexibility index (Phi) is 9.33. The highest BCUT2D eigenvalue weighted by Crippen LogP contribution is 2.36. The lowest BCUT2D eigenvalue weighted by atomic mass is 10.0. The summed E-state index contributed by atoms with van der Waals surface area (Å²) in [6.07, 6.45) is -1.68. The Labute approximate surface area is 164 Å². The largest absolute Gasteiger partial charge is 0.368 e. The van der Waals surface area contributed by atoms with Gasteiger partial charge in [0.25, 0.3) is 5.91 Å². The molecule has 1 aromatic carbocycles. The van der Waals surface area contributed by atoms with Gasteiger partial charge in [-0.05, 0) is 50.2 Å². The summed E-state index contributed by atoms with van der Waals surface area (Å²) in [6, 6.07) is 5.03. The third kappa shape index (κ3) is 6.78. The van der Waals surface area contributed by atoms with Crippen LogP contribution in [-0.4, -0.2) is 37.9 Å². The fourth-order valence-corrected chi connectivity index (χ4v) is 2.62. The van der Waals surface area contributed by atoms with Gasteiger partial charge in [0, 0.05) is 23.0 Å². The van der Waals surface area contributed by atoms with Crippen molar-refractivity contribution in [2.24, 2.45) is 23.5 Å². The Bertz CT molecular complexity index is 725. The number of benzene rings is 1. The van der Waals surface area contributed by atoms with Gasteiger partial charge in [0.2, 0.25) is 12.3 Å². The van der Waals surface area contributed by atoms with E-state index in [2.05, 4.69) is 35.6 Å². The minimum atomic E-state index is -2.76. The summed E-state index contributed by atoms with van der Waals surface area (Å²) in [6.45, 7) is 8.12. The number of hydrogen-bond donors (Lipinski definition) is 3. The Morgan fingerprint density at radius 2 is 1.89 bits per heavy atom. The first-order valence-electron chi connectivity index (χ1n) is 8.98. The molecule has 1 saturated carbocycles. The lowest BCUT2D eigenvalue weighted by Crippen LogP contribution is -2.50. The molecule has 0 spiro atoms. The fraction of sp³-hybridized carbons (Fsp3) is 0.429. The lowest BCUT2D eigenvalue weighted by molar-refractivity contribution is -0.122. The van der Waals surface area contributed by atoms with Crippen molar-refractivity contribution in [3.05, 3.63) is 48.6 Å². The van der Waals surface area contributed by atoms with Gasteiger partial charge >= 0.3 is 0 Å². The summed E-state index contributed by atoms with van der Waals surface area (Å²) in [5, 5.41) is 5.40. The van der Waals surface area contributed by atoms with E-state index in [0.29, 0.717) is 11.8 Å². The van der Waals surface area contributed by atoms with Crippen molar-refractivity contribution >= 4 is 11.8 Å². The standard InChI is InChI=1S/C19H23F2N3O2.C2H4/c1-11(17(20)21)16(18(22)25)24-19(26)13-6-3-12(4-7-13)5-8-14-9-15(14)10-23-2;1-2/h3-4,6-7,11,14-17,23H,9-10H2,1-2H3,(H2,22,25)(H,24,26);1-2H2. The van der Waals surface area contributed by atoms with Crippen LogP contribution in [0.4, 0.5) is 8.78 Å². The van der Waals surface area contributed by atoms with Crippen LogP contribution in [-0.2, 0) is 4.79 Å². The summed E-state index contributed by atoms with van der Waals surface area (Å²) in [4.78, 5) is 23.5. The van der Waals surface area contributed by atoms with Gasteiger partial charge in [-0.2, -0.15) is 0 Å². The van der Waals surface area contributed by atoms with E-state index in [1.165, 1.54) is 0 Å². The predicted octanol–water partition coefficient (Wildman–Crippen LogP) is 2.18. The third-order valence-corrected chi connectivity index (χ3v) is 4.45. The Hall–Kier alpha value is -2.72. The molecule has 1 aliphatic rings. The molecule has 1 fully saturated rings. The van der Waals surface area contributed by atoms with Crippen molar-refractivity contribution in [2.45, 2.75) is 25.8 Å². The average molecular weight is 391 g/mol. The molecule has 2 rings (SSSR count). The number of hydrogen-bond acceptors (Lipinski definition) is 3. The zero-order chi connectivity index (χ0) is 21.3. The normalized spacial score (nSPS) is 19.3. The van der Waals surface area contributed by atoms with Gasteiger partial charge in [0.05, 0.1) is 0 Å². The van der Waals surface area contributed by atoms with E-state index in [0.717, 1.165) is 25.5 Å². The first-order chi connectivity index (χ1) is 13.3. The van der Waals surface area contributed by atoms with Crippen LogP contribution in [0.25, 0.3) is 0 Å². The third-order valence-electron chi connectivity index (χ3n) is 4.45. The zero-order valence-corrected chi connectivity index (χ0v) is 16.2. The maximum absolute atomic E-state index is 12.8. The van der Waals surface area contributed by atoms with Crippen LogP contribution in [0.1, 0.15) is 29.3 Å². The molecule has 28 heavy (non-hydrogen) atoms. The van der Waals surface area contributed by atoms with Crippen LogP contribution >= 0.6 is 0 Å². The van der Waals surface area contributed by atoms with E-state index >= 15 is 0 Å². The molecule has 0 heterocycles. The molecule has 1 aromatic rings. The Balaban J connectivity index is 0.00000190. The van der Waals surface area contributed by atoms with Crippen molar-refractivity contribution in [1.82, 2.24) is 10.6 Å². The Morgan fingerprint density at radius 1 is 1.29 bits per heavy atom. The molecule has 5 nitrogen and oxygen atoms in total. The highest BCUT2D eigenvalue weighted by molar-refractivity contribution is 5.97. The van der Waals surface area contributed by atoms with E-state index in [1.54, 1.807) is 24.3 Å². The van der Waals surface area contributed by atoms with Gasteiger partial charge in [-0.25, -0.2) is 8.78 Å². The molecular weight excluding hydrogens is 364 g/mol. The molecule has 0 aromatic heterocycles. The molecule has 4 N–H and O–H groups in total. The monoisotopic (exact) mass is 391 g/mol. The molecule has 1 aliphatic carbocycles. The number of rotatable bonds is 7. The van der Waals surface area contributed by atoms with Crippen LogP contribution in [0.5, 0.6) is 0 Å². The molecule has 0 aliphatic heterocycles. The average Bonchev–Trinajstić information content (AvgIpc) is 3.43. The molecule has 0 radical (unpaired) electrons. The molecule has 0 saturated heterocycles. The highest BCUT2D eigenvalue weighted by Gasteiger charge is 2.34. The predicted molar refractivity (Wildman–Crippen MR) is 106 cm³/mol. The number of halogens is 2. The summed E-state index contributed by atoms with van der Waals surface area (Å²) < 4.78 is 25.6. The van der Waals surface area contributed by atoms with Crippen molar-refractivity contribution < 1.29 is 18.4 Å².